The maximum Gasteiger partial charge on any atom is 0.271 e. The minimum absolute atomic E-state index is 0.0813. The Hall–Kier alpha value is -1.84. The Morgan fingerprint density at radius 2 is 2.16 bits per heavy atom. The summed E-state index contributed by atoms with van der Waals surface area (Å²) in [6.07, 6.45) is 0. The molecule has 0 fully saturated rings. The number of anilines is 1. The molecule has 19 heavy (non-hydrogen) atoms. The van der Waals surface area contributed by atoms with Gasteiger partial charge in [0.1, 0.15) is 0 Å². The van der Waals surface area contributed by atoms with Crippen LogP contribution in [0.4, 0.5) is 10.8 Å². The highest BCUT2D eigenvalue weighted by molar-refractivity contribution is 7.09. The maximum absolute atomic E-state index is 11.9. The molecule has 1 heterocycles. The van der Waals surface area contributed by atoms with E-state index in [9.17, 15) is 14.9 Å². The molecule has 1 N–H and O–H groups in total. The van der Waals surface area contributed by atoms with Gasteiger partial charge in [0, 0.05) is 23.7 Å². The smallest absolute Gasteiger partial charge is 0.271 e. The molecule has 2 rings (SSSR count). The molecule has 2 aromatic rings. The predicted molar refractivity (Wildman–Crippen MR) is 68.8 cm³/mol. The van der Waals surface area contributed by atoms with Crippen LogP contribution in [0.3, 0.4) is 0 Å². The first kappa shape index (κ1) is 13.6. The van der Waals surface area contributed by atoms with Crippen molar-refractivity contribution in [1.29, 1.82) is 0 Å². The highest BCUT2D eigenvalue weighted by Crippen LogP contribution is 2.31. The zero-order valence-corrected chi connectivity index (χ0v) is 11.2. The van der Waals surface area contributed by atoms with Crippen LogP contribution < -0.4 is 5.32 Å². The summed E-state index contributed by atoms with van der Waals surface area (Å²) in [5.74, 6) is -0.686. The van der Waals surface area contributed by atoms with Gasteiger partial charge in [-0.25, -0.2) is 0 Å². The molecular formula is C8H3Cl2N5O3S. The van der Waals surface area contributed by atoms with Gasteiger partial charge in [-0.05, 0) is 5.21 Å². The number of halogens is 2. The highest BCUT2D eigenvalue weighted by atomic mass is 35.5. The van der Waals surface area contributed by atoms with Crippen LogP contribution in [-0.4, -0.2) is 25.6 Å². The Morgan fingerprint density at radius 1 is 1.42 bits per heavy atom. The molecule has 0 aliphatic carbocycles. The normalized spacial score (nSPS) is 10.2. The van der Waals surface area contributed by atoms with Gasteiger partial charge >= 0.3 is 0 Å². The van der Waals surface area contributed by atoms with E-state index in [0.29, 0.717) is 0 Å². The standard InChI is InChI=1S/C8H3Cl2N5O3S/c9-5-2-3(15(17)18)1-4(6(5)10)7(16)11-8-12-13-14-19-8/h1-2H,(H,11,12,14,16). The summed E-state index contributed by atoms with van der Waals surface area (Å²) in [6, 6.07) is 2.09. The number of nitro benzene ring substituents is 1. The Labute approximate surface area is 119 Å². The van der Waals surface area contributed by atoms with E-state index in [1.807, 2.05) is 0 Å². The molecule has 0 unspecified atom stereocenters. The van der Waals surface area contributed by atoms with Gasteiger partial charge in [-0.2, -0.15) is 0 Å². The van der Waals surface area contributed by atoms with Gasteiger partial charge in [-0.1, -0.05) is 32.8 Å². The van der Waals surface area contributed by atoms with Crippen LogP contribution >= 0.6 is 34.7 Å². The van der Waals surface area contributed by atoms with E-state index in [-0.39, 0.29) is 26.4 Å². The van der Waals surface area contributed by atoms with Crippen LogP contribution in [0.1, 0.15) is 10.4 Å². The first-order valence-electron chi connectivity index (χ1n) is 4.59. The third-order valence-electron chi connectivity index (χ3n) is 1.99. The van der Waals surface area contributed by atoms with Crippen LogP contribution in [-0.2, 0) is 0 Å². The van der Waals surface area contributed by atoms with E-state index >= 15 is 0 Å². The molecule has 0 aliphatic heterocycles. The van der Waals surface area contributed by atoms with Crippen molar-refractivity contribution in [3.8, 4) is 0 Å². The second-order valence-electron chi connectivity index (χ2n) is 3.17. The first-order chi connectivity index (χ1) is 8.99. The summed E-state index contributed by atoms with van der Waals surface area (Å²) in [5.41, 5.74) is -0.467. The molecule has 8 nitrogen and oxygen atoms in total. The van der Waals surface area contributed by atoms with E-state index in [2.05, 4.69) is 20.1 Å². The number of carbonyl (C=O) groups is 1. The summed E-state index contributed by atoms with van der Waals surface area (Å²) in [7, 11) is 0. The lowest BCUT2D eigenvalue weighted by Gasteiger charge is -2.05. The number of benzene rings is 1. The van der Waals surface area contributed by atoms with Crippen molar-refractivity contribution in [3.05, 3.63) is 37.9 Å². The van der Waals surface area contributed by atoms with Crippen molar-refractivity contribution in [1.82, 2.24) is 14.8 Å². The Bertz CT molecular complexity index is 648. The van der Waals surface area contributed by atoms with Crippen LogP contribution in [0.15, 0.2) is 12.1 Å². The Balaban J connectivity index is 2.38. The summed E-state index contributed by atoms with van der Waals surface area (Å²) in [5, 5.41) is 19.8. The van der Waals surface area contributed by atoms with Crippen molar-refractivity contribution in [2.75, 3.05) is 5.32 Å². The molecule has 0 bridgehead atoms. The summed E-state index contributed by atoms with van der Waals surface area (Å²) < 4.78 is 3.45. The third-order valence-corrected chi connectivity index (χ3v) is 3.30. The van der Waals surface area contributed by atoms with Crippen LogP contribution in [0.2, 0.25) is 10.0 Å². The molecule has 98 valence electrons. The van der Waals surface area contributed by atoms with E-state index < -0.39 is 10.8 Å². The van der Waals surface area contributed by atoms with Gasteiger partial charge < -0.3 is 0 Å². The molecule has 0 atom stereocenters. The van der Waals surface area contributed by atoms with E-state index in [1.165, 1.54) is 0 Å². The zero-order valence-electron chi connectivity index (χ0n) is 8.83. The predicted octanol–water partition coefficient (Wildman–Crippen LogP) is 2.40. The number of aromatic nitrogens is 3. The minimum atomic E-state index is -0.686. The lowest BCUT2D eigenvalue weighted by Crippen LogP contribution is -2.13. The van der Waals surface area contributed by atoms with Gasteiger partial charge in [0.25, 0.3) is 11.6 Å². The number of carbonyl (C=O) groups excluding carboxylic acids is 1. The third kappa shape index (κ3) is 2.95. The minimum Gasteiger partial charge on any atom is -0.295 e. The van der Waals surface area contributed by atoms with Crippen LogP contribution in [0, 0.1) is 10.1 Å². The Morgan fingerprint density at radius 3 is 2.74 bits per heavy atom. The SMILES string of the molecule is O=C(Nc1nnns1)c1cc([N+](=O)[O-])cc(Cl)c1Cl. The molecule has 0 saturated heterocycles. The number of hydrogen-bond donors (Lipinski definition) is 1. The van der Waals surface area contributed by atoms with Gasteiger partial charge in [-0.3, -0.25) is 20.2 Å². The van der Waals surface area contributed by atoms with Gasteiger partial charge in [0.2, 0.25) is 5.13 Å². The van der Waals surface area contributed by atoms with Gasteiger partial charge in [-0.15, -0.1) is 0 Å². The second-order valence-corrected chi connectivity index (χ2v) is 4.69. The van der Waals surface area contributed by atoms with Crippen LogP contribution in [0.5, 0.6) is 0 Å². The fraction of sp³-hybridized carbons (Fsp3) is 0. The van der Waals surface area contributed by atoms with Crippen molar-refractivity contribution in [3.63, 3.8) is 0 Å². The number of non-ortho nitro benzene ring substituents is 1. The van der Waals surface area contributed by atoms with Crippen molar-refractivity contribution < 1.29 is 9.72 Å². The number of nitro groups is 1. The van der Waals surface area contributed by atoms with Crippen molar-refractivity contribution >= 4 is 51.5 Å². The quantitative estimate of drug-likeness (QED) is 0.686. The molecular weight excluding hydrogens is 317 g/mol. The van der Waals surface area contributed by atoms with Crippen molar-refractivity contribution in [2.24, 2.45) is 0 Å². The average molecular weight is 320 g/mol. The molecule has 1 aromatic heterocycles. The monoisotopic (exact) mass is 319 g/mol. The van der Waals surface area contributed by atoms with Crippen molar-refractivity contribution in [2.45, 2.75) is 0 Å². The molecule has 1 amide bonds. The second kappa shape index (κ2) is 5.43. The fourth-order valence-corrected chi connectivity index (χ4v) is 1.96. The molecule has 0 spiro atoms. The molecule has 0 saturated carbocycles. The molecule has 0 aliphatic rings. The number of amides is 1. The Kier molecular flexibility index (Phi) is 3.88. The summed E-state index contributed by atoms with van der Waals surface area (Å²) >= 11 is 12.4. The lowest BCUT2D eigenvalue weighted by atomic mass is 10.2. The average Bonchev–Trinajstić information content (AvgIpc) is 2.84. The zero-order chi connectivity index (χ0) is 14.0. The fourth-order valence-electron chi connectivity index (χ4n) is 1.19. The number of hydrogen-bond acceptors (Lipinski definition) is 7. The van der Waals surface area contributed by atoms with E-state index in [1.54, 1.807) is 0 Å². The number of rotatable bonds is 3. The molecule has 11 heteroatoms. The lowest BCUT2D eigenvalue weighted by molar-refractivity contribution is -0.384. The number of nitrogens with one attached hydrogen (secondary N) is 1. The summed E-state index contributed by atoms with van der Waals surface area (Å²) in [6.45, 7) is 0. The van der Waals surface area contributed by atoms with Gasteiger partial charge in [0.05, 0.1) is 20.5 Å². The maximum atomic E-state index is 11.9. The highest BCUT2D eigenvalue weighted by Gasteiger charge is 2.20. The first-order valence-corrected chi connectivity index (χ1v) is 6.12. The van der Waals surface area contributed by atoms with E-state index in [0.717, 1.165) is 23.7 Å². The summed E-state index contributed by atoms with van der Waals surface area (Å²) in [4.78, 5) is 21.9. The molecule has 1 aromatic carbocycles. The van der Waals surface area contributed by atoms with Crippen LogP contribution in [0.25, 0.3) is 0 Å². The largest absolute Gasteiger partial charge is 0.295 e. The van der Waals surface area contributed by atoms with Gasteiger partial charge in [0.15, 0.2) is 0 Å². The topological polar surface area (TPSA) is 111 Å². The van der Waals surface area contributed by atoms with E-state index in [4.69, 9.17) is 23.2 Å². The number of nitrogens with zero attached hydrogens (tertiary/aromatic N) is 4. The molecule has 0 radical (unpaired) electrons.